The standard InChI is InChI=1S/C28H38N4O4/c1-22-9-11-25(12-10-22)36-28-26(27(29-30(28)2)23-7-5-4-6-8-23)21-32(13-16-34-3)20-24(33)19-31-14-17-35-18-15-31/h4-12,24,33H,13-21H2,1-3H3/t24-/m0/s1. The quantitative estimate of drug-likeness (QED) is 0.414. The molecule has 0 aliphatic carbocycles. The highest BCUT2D eigenvalue weighted by Crippen LogP contribution is 2.34. The fourth-order valence-corrected chi connectivity index (χ4v) is 4.48. The zero-order chi connectivity index (χ0) is 25.3. The van der Waals surface area contributed by atoms with Gasteiger partial charge in [0.1, 0.15) is 11.4 Å². The van der Waals surface area contributed by atoms with Crippen LogP contribution in [0.25, 0.3) is 11.3 Å². The first-order valence-corrected chi connectivity index (χ1v) is 12.6. The highest BCUT2D eigenvalue weighted by atomic mass is 16.5. The van der Waals surface area contributed by atoms with E-state index in [0.717, 1.165) is 48.9 Å². The summed E-state index contributed by atoms with van der Waals surface area (Å²) in [6.45, 7) is 8.17. The number of aromatic nitrogens is 2. The molecular formula is C28H38N4O4. The maximum absolute atomic E-state index is 11.0. The van der Waals surface area contributed by atoms with Crippen LogP contribution in [0.2, 0.25) is 0 Å². The Morgan fingerprint density at radius 1 is 1.08 bits per heavy atom. The molecule has 0 bridgehead atoms. The summed E-state index contributed by atoms with van der Waals surface area (Å²) >= 11 is 0. The molecule has 0 radical (unpaired) electrons. The van der Waals surface area contributed by atoms with Gasteiger partial charge in [-0.3, -0.25) is 9.80 Å². The van der Waals surface area contributed by atoms with Crippen molar-refractivity contribution in [1.82, 2.24) is 19.6 Å². The van der Waals surface area contributed by atoms with Crippen molar-refractivity contribution < 1.29 is 19.3 Å². The number of rotatable bonds is 12. The van der Waals surface area contributed by atoms with Gasteiger partial charge >= 0.3 is 0 Å². The van der Waals surface area contributed by atoms with Gasteiger partial charge in [-0.05, 0) is 19.1 Å². The van der Waals surface area contributed by atoms with E-state index in [2.05, 4.69) is 28.9 Å². The van der Waals surface area contributed by atoms with Crippen LogP contribution in [0.3, 0.4) is 0 Å². The molecule has 4 rings (SSSR count). The van der Waals surface area contributed by atoms with Crippen molar-refractivity contribution in [2.24, 2.45) is 7.05 Å². The molecule has 1 atom stereocenters. The van der Waals surface area contributed by atoms with Crippen LogP contribution < -0.4 is 4.74 Å². The van der Waals surface area contributed by atoms with E-state index in [0.29, 0.717) is 38.7 Å². The highest BCUT2D eigenvalue weighted by Gasteiger charge is 2.24. The van der Waals surface area contributed by atoms with E-state index >= 15 is 0 Å². The number of methoxy groups -OCH3 is 1. The summed E-state index contributed by atoms with van der Waals surface area (Å²) in [5.41, 5.74) is 4.07. The minimum atomic E-state index is -0.488. The van der Waals surface area contributed by atoms with Crippen molar-refractivity contribution in [3.05, 3.63) is 65.7 Å². The fraction of sp³-hybridized carbons (Fsp3) is 0.464. The first-order valence-electron chi connectivity index (χ1n) is 12.6. The molecule has 0 amide bonds. The van der Waals surface area contributed by atoms with Crippen molar-refractivity contribution in [2.75, 3.05) is 59.7 Å². The third kappa shape index (κ3) is 7.15. The lowest BCUT2D eigenvalue weighted by Gasteiger charge is -2.31. The average Bonchev–Trinajstić information content (AvgIpc) is 3.19. The Labute approximate surface area is 214 Å². The van der Waals surface area contributed by atoms with Gasteiger partial charge in [0.15, 0.2) is 0 Å². The molecule has 1 N–H and O–H groups in total. The predicted molar refractivity (Wildman–Crippen MR) is 140 cm³/mol. The van der Waals surface area contributed by atoms with Gasteiger partial charge in [-0.1, -0.05) is 48.0 Å². The Morgan fingerprint density at radius 2 is 1.81 bits per heavy atom. The van der Waals surface area contributed by atoms with E-state index in [9.17, 15) is 5.11 Å². The molecule has 0 spiro atoms. The molecule has 0 unspecified atom stereocenters. The first-order chi connectivity index (χ1) is 17.5. The smallest absolute Gasteiger partial charge is 0.222 e. The predicted octanol–water partition coefficient (Wildman–Crippen LogP) is 3.33. The van der Waals surface area contributed by atoms with Gasteiger partial charge in [0.25, 0.3) is 0 Å². The van der Waals surface area contributed by atoms with E-state index in [-0.39, 0.29) is 0 Å². The lowest BCUT2D eigenvalue weighted by Crippen LogP contribution is -2.45. The third-order valence-electron chi connectivity index (χ3n) is 6.41. The second-order valence-electron chi connectivity index (χ2n) is 9.33. The van der Waals surface area contributed by atoms with E-state index in [4.69, 9.17) is 19.3 Å². The Kier molecular flexibility index (Phi) is 9.49. The van der Waals surface area contributed by atoms with Gasteiger partial charge in [-0.25, -0.2) is 4.68 Å². The average molecular weight is 495 g/mol. The number of hydrogen-bond donors (Lipinski definition) is 1. The molecule has 2 heterocycles. The number of benzene rings is 2. The zero-order valence-corrected chi connectivity index (χ0v) is 21.6. The normalized spacial score (nSPS) is 15.4. The molecule has 1 saturated heterocycles. The zero-order valence-electron chi connectivity index (χ0n) is 21.6. The van der Waals surface area contributed by atoms with Gasteiger partial charge in [0.05, 0.1) is 31.5 Å². The summed E-state index contributed by atoms with van der Waals surface area (Å²) in [6.07, 6.45) is -0.488. The Balaban J connectivity index is 1.60. The van der Waals surface area contributed by atoms with Gasteiger partial charge in [0, 0.05) is 59.0 Å². The van der Waals surface area contributed by atoms with Crippen LogP contribution in [0.1, 0.15) is 11.1 Å². The maximum Gasteiger partial charge on any atom is 0.222 e. The van der Waals surface area contributed by atoms with Gasteiger partial charge in [-0.15, -0.1) is 0 Å². The topological polar surface area (TPSA) is 72.2 Å². The molecule has 8 heteroatoms. The van der Waals surface area contributed by atoms with Crippen LogP contribution in [-0.4, -0.2) is 90.4 Å². The largest absolute Gasteiger partial charge is 0.439 e. The molecule has 0 saturated carbocycles. The van der Waals surface area contributed by atoms with Crippen molar-refractivity contribution in [3.8, 4) is 22.9 Å². The van der Waals surface area contributed by atoms with E-state index in [1.165, 1.54) is 5.56 Å². The minimum Gasteiger partial charge on any atom is -0.439 e. The van der Waals surface area contributed by atoms with E-state index < -0.39 is 6.10 Å². The number of aliphatic hydroxyl groups excluding tert-OH is 1. The third-order valence-corrected chi connectivity index (χ3v) is 6.41. The summed E-state index contributed by atoms with van der Waals surface area (Å²) in [7, 11) is 3.61. The lowest BCUT2D eigenvalue weighted by molar-refractivity contribution is 0.00434. The molecule has 1 aliphatic heterocycles. The SMILES string of the molecule is COCCN(Cc1c(-c2ccccc2)nn(C)c1Oc1ccc(C)cc1)C[C@@H](O)CN1CCOCC1. The van der Waals surface area contributed by atoms with Crippen molar-refractivity contribution >= 4 is 0 Å². The number of ether oxygens (including phenoxy) is 3. The van der Waals surface area contributed by atoms with Crippen molar-refractivity contribution in [2.45, 2.75) is 19.6 Å². The number of morpholine rings is 1. The Hall–Kier alpha value is -2.75. The first kappa shape index (κ1) is 26.3. The van der Waals surface area contributed by atoms with Gasteiger partial charge in [-0.2, -0.15) is 5.10 Å². The van der Waals surface area contributed by atoms with E-state index in [1.54, 1.807) is 11.8 Å². The van der Waals surface area contributed by atoms with Crippen LogP contribution in [0.15, 0.2) is 54.6 Å². The number of aliphatic hydroxyl groups is 1. The van der Waals surface area contributed by atoms with Crippen molar-refractivity contribution in [1.29, 1.82) is 0 Å². The number of nitrogens with zero attached hydrogens (tertiary/aromatic N) is 4. The fourth-order valence-electron chi connectivity index (χ4n) is 4.48. The molecule has 2 aromatic carbocycles. The summed E-state index contributed by atoms with van der Waals surface area (Å²) in [5, 5.41) is 15.8. The molecule has 1 fully saturated rings. The second-order valence-corrected chi connectivity index (χ2v) is 9.33. The van der Waals surface area contributed by atoms with Crippen LogP contribution in [0.5, 0.6) is 11.6 Å². The summed E-state index contributed by atoms with van der Waals surface area (Å²) in [4.78, 5) is 4.48. The van der Waals surface area contributed by atoms with Crippen LogP contribution in [0, 0.1) is 6.92 Å². The summed E-state index contributed by atoms with van der Waals surface area (Å²) in [6, 6.07) is 18.2. The minimum absolute atomic E-state index is 0.488. The number of hydrogen-bond acceptors (Lipinski definition) is 7. The highest BCUT2D eigenvalue weighted by molar-refractivity contribution is 5.65. The Bertz CT molecular complexity index is 1070. The molecule has 1 aliphatic rings. The number of β-amino-alcohol motifs (C(OH)–C–C–N with tert-alkyl or cyclic N) is 1. The molecule has 8 nitrogen and oxygen atoms in total. The van der Waals surface area contributed by atoms with Crippen molar-refractivity contribution in [3.63, 3.8) is 0 Å². The molecular weight excluding hydrogens is 456 g/mol. The monoisotopic (exact) mass is 494 g/mol. The molecule has 3 aromatic rings. The molecule has 1 aromatic heterocycles. The molecule has 36 heavy (non-hydrogen) atoms. The van der Waals surface area contributed by atoms with Gasteiger partial charge < -0.3 is 19.3 Å². The second kappa shape index (κ2) is 13.0. The summed E-state index contributed by atoms with van der Waals surface area (Å²) in [5.74, 6) is 1.46. The summed E-state index contributed by atoms with van der Waals surface area (Å²) < 4.78 is 19.0. The van der Waals surface area contributed by atoms with Crippen LogP contribution >= 0.6 is 0 Å². The number of aryl methyl sites for hydroxylation is 2. The van der Waals surface area contributed by atoms with Gasteiger partial charge in [0.2, 0.25) is 5.88 Å². The van der Waals surface area contributed by atoms with Crippen LogP contribution in [-0.2, 0) is 23.1 Å². The maximum atomic E-state index is 11.0. The molecule has 194 valence electrons. The van der Waals surface area contributed by atoms with E-state index in [1.807, 2.05) is 49.5 Å². The Morgan fingerprint density at radius 3 is 2.50 bits per heavy atom. The lowest BCUT2D eigenvalue weighted by atomic mass is 10.1. The van der Waals surface area contributed by atoms with Crippen LogP contribution in [0.4, 0.5) is 0 Å².